The summed E-state index contributed by atoms with van der Waals surface area (Å²) < 4.78 is 26.8. The fourth-order valence-electron chi connectivity index (χ4n) is 2.82. The number of rotatable bonds is 1. The van der Waals surface area contributed by atoms with E-state index < -0.39 is 32.4 Å². The van der Waals surface area contributed by atoms with Crippen LogP contribution in [0, 0.1) is 0 Å². The number of nitrogens with one attached hydrogen (secondary N) is 1. The molecule has 11 nitrogen and oxygen atoms in total. The van der Waals surface area contributed by atoms with Crippen LogP contribution in [0.15, 0.2) is 6.33 Å². The van der Waals surface area contributed by atoms with Gasteiger partial charge in [-0.3, -0.25) is 9.05 Å². The molecule has 1 aromatic rings. The predicted octanol–water partition coefficient (Wildman–Crippen LogP) is -1.15. The number of fused-ring (bicyclic) bond motifs is 2. The summed E-state index contributed by atoms with van der Waals surface area (Å²) in [5.74, 6) is 0.778. The zero-order chi connectivity index (χ0) is 15.5. The van der Waals surface area contributed by atoms with Crippen molar-refractivity contribution in [2.45, 2.75) is 24.5 Å². The summed E-state index contributed by atoms with van der Waals surface area (Å²) in [5, 5.41) is 13.4. The molecular formula is C10H14N5O6P. The van der Waals surface area contributed by atoms with Crippen LogP contribution in [0.3, 0.4) is 0 Å². The standard InChI is InChI=1S/C10H14N5O6P/c11-8-5-9(13-2-12-8)15(3-14-5)10-6(16)7-4(20-10)1-19-22(17,18)21-7/h2,4,6-7,10,14,16H,1,3H2,(H,17,18)(H2,11,12,13)/t4-,6-,7-,10-/m1/s1. The van der Waals surface area contributed by atoms with Crippen molar-refractivity contribution in [1.82, 2.24) is 9.97 Å². The first-order chi connectivity index (χ1) is 10.5. The molecule has 0 spiro atoms. The van der Waals surface area contributed by atoms with Crippen LogP contribution < -0.4 is 16.0 Å². The van der Waals surface area contributed by atoms with Crippen LogP contribution in [0.4, 0.5) is 17.3 Å². The Hall–Kier alpha value is -1.49. The van der Waals surface area contributed by atoms with Crippen molar-refractivity contribution in [2.24, 2.45) is 0 Å². The van der Waals surface area contributed by atoms with Crippen LogP contribution in [0.2, 0.25) is 0 Å². The third kappa shape index (κ3) is 2.06. The van der Waals surface area contributed by atoms with Gasteiger partial charge in [-0.15, -0.1) is 0 Å². The van der Waals surface area contributed by atoms with E-state index in [-0.39, 0.29) is 12.4 Å². The molecule has 12 heteroatoms. The summed E-state index contributed by atoms with van der Waals surface area (Å²) in [6.07, 6.45) is -2.22. The van der Waals surface area contributed by atoms with Crippen LogP contribution in [0.5, 0.6) is 0 Å². The number of nitrogens with zero attached hydrogens (tertiary/aromatic N) is 3. The molecule has 5 N–H and O–H groups in total. The van der Waals surface area contributed by atoms with E-state index >= 15 is 0 Å². The fourth-order valence-corrected chi connectivity index (χ4v) is 3.78. The Labute approximate surface area is 124 Å². The summed E-state index contributed by atoms with van der Waals surface area (Å²) in [5.41, 5.74) is 6.32. The molecule has 120 valence electrons. The molecule has 1 unspecified atom stereocenters. The van der Waals surface area contributed by atoms with Crippen molar-refractivity contribution in [1.29, 1.82) is 0 Å². The van der Waals surface area contributed by atoms with Crippen molar-refractivity contribution in [3.05, 3.63) is 6.33 Å². The second-order valence-corrected chi connectivity index (χ2v) is 6.56. The van der Waals surface area contributed by atoms with Gasteiger partial charge in [-0.25, -0.2) is 14.5 Å². The molecule has 0 radical (unpaired) electrons. The summed E-state index contributed by atoms with van der Waals surface area (Å²) >= 11 is 0. The summed E-state index contributed by atoms with van der Waals surface area (Å²) in [6.45, 7) is 0.170. The molecule has 22 heavy (non-hydrogen) atoms. The number of nitrogens with two attached hydrogens (primary N) is 1. The summed E-state index contributed by atoms with van der Waals surface area (Å²) in [4.78, 5) is 19.0. The highest BCUT2D eigenvalue weighted by Gasteiger charge is 2.54. The molecule has 3 aliphatic heterocycles. The molecule has 0 bridgehead atoms. The minimum absolute atomic E-state index is 0.133. The maximum Gasteiger partial charge on any atom is 0.472 e. The van der Waals surface area contributed by atoms with E-state index in [0.29, 0.717) is 18.2 Å². The van der Waals surface area contributed by atoms with Crippen LogP contribution in [0.1, 0.15) is 0 Å². The average molecular weight is 331 g/mol. The number of aliphatic hydroxyl groups excluding tert-OH is 1. The lowest BCUT2D eigenvalue weighted by Gasteiger charge is -2.28. The Kier molecular flexibility index (Phi) is 3.05. The van der Waals surface area contributed by atoms with Gasteiger partial charge in [0, 0.05) is 0 Å². The van der Waals surface area contributed by atoms with E-state index in [4.69, 9.17) is 19.5 Å². The lowest BCUT2D eigenvalue weighted by atomic mass is 10.1. The van der Waals surface area contributed by atoms with Gasteiger partial charge in [0.25, 0.3) is 0 Å². The van der Waals surface area contributed by atoms with E-state index in [1.807, 2.05) is 0 Å². The fraction of sp³-hybridized carbons (Fsp3) is 0.600. The van der Waals surface area contributed by atoms with Crippen molar-refractivity contribution >= 4 is 25.1 Å². The van der Waals surface area contributed by atoms with Crippen LogP contribution >= 0.6 is 7.82 Å². The van der Waals surface area contributed by atoms with Gasteiger partial charge in [-0.1, -0.05) is 0 Å². The lowest BCUT2D eigenvalue weighted by molar-refractivity contribution is -0.0541. The number of anilines is 3. The Bertz CT molecular complexity index is 661. The maximum atomic E-state index is 11.5. The van der Waals surface area contributed by atoms with Crippen molar-refractivity contribution in [3.63, 3.8) is 0 Å². The zero-order valence-electron chi connectivity index (χ0n) is 11.2. The van der Waals surface area contributed by atoms with Crippen LogP contribution in [-0.2, 0) is 18.3 Å². The van der Waals surface area contributed by atoms with Crippen molar-refractivity contribution in [2.75, 3.05) is 29.2 Å². The molecule has 5 atom stereocenters. The first-order valence-electron chi connectivity index (χ1n) is 6.56. The molecule has 0 aromatic carbocycles. The molecule has 2 fully saturated rings. The SMILES string of the molecule is Nc1ncnc2c1NCN2[C@@H]1O[C@@H]2COP(=O)(O)O[C@H]2[C@H]1O. The molecule has 0 saturated carbocycles. The molecule has 3 aliphatic rings. The quantitative estimate of drug-likeness (QED) is 0.461. The van der Waals surface area contributed by atoms with Crippen molar-refractivity contribution in [3.8, 4) is 0 Å². The van der Waals surface area contributed by atoms with Crippen molar-refractivity contribution < 1.29 is 28.3 Å². The van der Waals surface area contributed by atoms with Gasteiger partial charge in [-0.05, 0) is 0 Å². The number of hydrogen-bond donors (Lipinski definition) is 4. The Balaban J connectivity index is 1.61. The number of ether oxygens (including phenoxy) is 1. The van der Waals surface area contributed by atoms with Gasteiger partial charge in [-0.2, -0.15) is 0 Å². The van der Waals surface area contributed by atoms with Gasteiger partial charge < -0.3 is 30.7 Å². The zero-order valence-corrected chi connectivity index (χ0v) is 12.1. The van der Waals surface area contributed by atoms with Gasteiger partial charge in [0.05, 0.1) is 13.3 Å². The Morgan fingerprint density at radius 3 is 3.14 bits per heavy atom. The smallest absolute Gasteiger partial charge is 0.386 e. The monoisotopic (exact) mass is 331 g/mol. The number of aromatic nitrogens is 2. The van der Waals surface area contributed by atoms with E-state index in [9.17, 15) is 14.6 Å². The van der Waals surface area contributed by atoms with Gasteiger partial charge in [0.15, 0.2) is 17.9 Å². The van der Waals surface area contributed by atoms with Gasteiger partial charge >= 0.3 is 7.82 Å². The minimum atomic E-state index is -4.15. The first-order valence-corrected chi connectivity index (χ1v) is 8.06. The van der Waals surface area contributed by atoms with E-state index in [0.717, 1.165) is 0 Å². The third-order valence-electron chi connectivity index (χ3n) is 3.83. The molecule has 2 saturated heterocycles. The molecular weight excluding hydrogens is 317 g/mol. The summed E-state index contributed by atoms with van der Waals surface area (Å²) in [7, 11) is -4.15. The van der Waals surface area contributed by atoms with Crippen LogP contribution in [0.25, 0.3) is 0 Å². The third-order valence-corrected chi connectivity index (χ3v) is 4.81. The minimum Gasteiger partial charge on any atom is -0.386 e. The molecule has 4 heterocycles. The highest BCUT2D eigenvalue weighted by molar-refractivity contribution is 7.47. The highest BCUT2D eigenvalue weighted by atomic mass is 31.2. The molecule has 0 amide bonds. The number of hydrogen-bond acceptors (Lipinski definition) is 10. The lowest BCUT2D eigenvalue weighted by Crippen LogP contribution is -2.45. The molecule has 0 aliphatic carbocycles. The maximum absolute atomic E-state index is 11.5. The summed E-state index contributed by atoms with van der Waals surface area (Å²) in [6, 6.07) is 0. The molecule has 4 rings (SSSR count). The number of phosphoric acid groups is 1. The normalized spacial score (nSPS) is 40.2. The van der Waals surface area contributed by atoms with E-state index in [1.54, 1.807) is 4.90 Å². The first kappa shape index (κ1) is 14.1. The number of aliphatic hydroxyl groups is 1. The van der Waals surface area contributed by atoms with Gasteiger partial charge in [0.1, 0.15) is 30.3 Å². The second kappa shape index (κ2) is 4.75. The largest absolute Gasteiger partial charge is 0.472 e. The highest BCUT2D eigenvalue weighted by Crippen LogP contribution is 2.52. The van der Waals surface area contributed by atoms with Crippen LogP contribution in [-0.4, -0.2) is 57.8 Å². The van der Waals surface area contributed by atoms with E-state index in [1.165, 1.54) is 6.33 Å². The molecule has 1 aromatic heterocycles. The van der Waals surface area contributed by atoms with Gasteiger partial charge in [0.2, 0.25) is 0 Å². The number of nitrogen functional groups attached to an aromatic ring is 1. The second-order valence-electron chi connectivity index (χ2n) is 5.15. The predicted molar refractivity (Wildman–Crippen MR) is 72.7 cm³/mol. The average Bonchev–Trinajstić information content (AvgIpc) is 3.01. The topological polar surface area (TPSA) is 152 Å². The Morgan fingerprint density at radius 1 is 1.50 bits per heavy atom. The Morgan fingerprint density at radius 2 is 2.32 bits per heavy atom. The number of phosphoric ester groups is 1. The van der Waals surface area contributed by atoms with E-state index in [2.05, 4.69) is 15.3 Å².